The number of hydrogen-bond acceptors (Lipinski definition) is 5. The van der Waals surface area contributed by atoms with Gasteiger partial charge >= 0.3 is 11.6 Å². The van der Waals surface area contributed by atoms with Crippen LogP contribution in [0.1, 0.15) is 18.9 Å². The van der Waals surface area contributed by atoms with Crippen LogP contribution in [0.4, 0.5) is 0 Å². The van der Waals surface area contributed by atoms with Crippen LogP contribution < -0.4 is 10.4 Å². The largest absolute Gasteiger partial charge is 0.482 e. The highest BCUT2D eigenvalue weighted by Crippen LogP contribution is 2.22. The Kier molecular flexibility index (Phi) is 4.40. The third-order valence-electron chi connectivity index (χ3n) is 2.75. The summed E-state index contributed by atoms with van der Waals surface area (Å²) in [6.45, 7) is 3.97. The fourth-order valence-corrected chi connectivity index (χ4v) is 1.79. The number of rotatable bonds is 5. The fraction of sp³-hybridized carbons (Fsp3) is 0.333. The predicted molar refractivity (Wildman–Crippen MR) is 74.0 cm³/mol. The summed E-state index contributed by atoms with van der Waals surface area (Å²) in [6.07, 6.45) is 0.770. The molecular formula is C15H16O5. The van der Waals surface area contributed by atoms with E-state index >= 15 is 0 Å². The number of esters is 1. The van der Waals surface area contributed by atoms with Crippen molar-refractivity contribution in [2.24, 2.45) is 0 Å². The van der Waals surface area contributed by atoms with Crippen LogP contribution in [0.2, 0.25) is 0 Å². The summed E-state index contributed by atoms with van der Waals surface area (Å²) in [5.41, 5.74) is 0.870. The molecule has 0 unspecified atom stereocenters. The predicted octanol–water partition coefficient (Wildman–Crippen LogP) is 2.43. The van der Waals surface area contributed by atoms with E-state index in [2.05, 4.69) is 0 Å². The minimum absolute atomic E-state index is 0.165. The molecule has 1 aromatic heterocycles. The lowest BCUT2D eigenvalue weighted by atomic mass is 10.1. The van der Waals surface area contributed by atoms with Crippen molar-refractivity contribution in [2.45, 2.75) is 20.3 Å². The molecule has 0 bridgehead atoms. The van der Waals surface area contributed by atoms with Gasteiger partial charge in [0.1, 0.15) is 11.3 Å². The van der Waals surface area contributed by atoms with Crippen molar-refractivity contribution in [2.75, 3.05) is 13.2 Å². The van der Waals surface area contributed by atoms with E-state index < -0.39 is 11.6 Å². The highest BCUT2D eigenvalue weighted by Gasteiger charge is 2.07. The number of carbonyl (C=O) groups is 1. The normalized spacial score (nSPS) is 10.5. The molecule has 0 saturated heterocycles. The van der Waals surface area contributed by atoms with Crippen LogP contribution >= 0.6 is 0 Å². The van der Waals surface area contributed by atoms with E-state index in [1.807, 2.05) is 13.8 Å². The molecule has 0 amide bonds. The monoisotopic (exact) mass is 276 g/mol. The zero-order valence-corrected chi connectivity index (χ0v) is 11.5. The van der Waals surface area contributed by atoms with Gasteiger partial charge in [-0.15, -0.1) is 0 Å². The van der Waals surface area contributed by atoms with E-state index in [-0.39, 0.29) is 6.61 Å². The third kappa shape index (κ3) is 3.38. The van der Waals surface area contributed by atoms with Crippen molar-refractivity contribution < 1.29 is 18.7 Å². The second kappa shape index (κ2) is 6.23. The Morgan fingerprint density at radius 1 is 1.30 bits per heavy atom. The first-order chi connectivity index (χ1) is 9.60. The van der Waals surface area contributed by atoms with E-state index in [1.54, 1.807) is 18.2 Å². The van der Waals surface area contributed by atoms with Gasteiger partial charge in [0, 0.05) is 17.5 Å². The second-order valence-electron chi connectivity index (χ2n) is 4.42. The number of benzene rings is 1. The van der Waals surface area contributed by atoms with Crippen LogP contribution in [0.3, 0.4) is 0 Å². The van der Waals surface area contributed by atoms with E-state index in [4.69, 9.17) is 13.9 Å². The Morgan fingerprint density at radius 2 is 2.10 bits per heavy atom. The molecule has 0 aliphatic heterocycles. The van der Waals surface area contributed by atoms with Crippen LogP contribution in [0.15, 0.2) is 33.5 Å². The van der Waals surface area contributed by atoms with Crippen LogP contribution in [0, 0.1) is 6.92 Å². The molecule has 0 atom stereocenters. The van der Waals surface area contributed by atoms with Gasteiger partial charge in [0.2, 0.25) is 0 Å². The van der Waals surface area contributed by atoms with Crippen LogP contribution in [-0.4, -0.2) is 19.2 Å². The van der Waals surface area contributed by atoms with E-state index in [0.29, 0.717) is 17.9 Å². The smallest absolute Gasteiger partial charge is 0.344 e. The number of fused-ring (bicyclic) bond motifs is 1. The Morgan fingerprint density at radius 3 is 2.85 bits per heavy atom. The average Bonchev–Trinajstić information content (AvgIpc) is 2.42. The van der Waals surface area contributed by atoms with Gasteiger partial charge in [-0.3, -0.25) is 0 Å². The Labute approximate surface area is 116 Å². The summed E-state index contributed by atoms with van der Waals surface area (Å²) in [7, 11) is 0. The van der Waals surface area contributed by atoms with Crippen LogP contribution in [0.5, 0.6) is 5.75 Å². The lowest BCUT2D eigenvalue weighted by Gasteiger charge is -2.07. The minimum atomic E-state index is -0.419. The number of ether oxygens (including phenoxy) is 2. The maximum Gasteiger partial charge on any atom is 0.344 e. The zero-order valence-electron chi connectivity index (χ0n) is 11.5. The van der Waals surface area contributed by atoms with Gasteiger partial charge in [-0.2, -0.15) is 0 Å². The standard InChI is InChI=1S/C15H16O5/c1-3-6-18-15(17)9-19-11-4-5-12-10(2)7-14(16)20-13(12)8-11/h4-5,7-8H,3,6,9H2,1-2H3. The van der Waals surface area contributed by atoms with Crippen molar-refractivity contribution >= 4 is 16.9 Å². The molecule has 0 N–H and O–H groups in total. The van der Waals surface area contributed by atoms with E-state index in [9.17, 15) is 9.59 Å². The summed E-state index contributed by atoms with van der Waals surface area (Å²) in [5, 5.41) is 0.838. The molecular weight excluding hydrogens is 260 g/mol. The molecule has 0 fully saturated rings. The fourth-order valence-electron chi connectivity index (χ4n) is 1.79. The summed E-state index contributed by atoms with van der Waals surface area (Å²) in [4.78, 5) is 22.6. The Bertz CT molecular complexity index is 672. The molecule has 0 spiro atoms. The highest BCUT2D eigenvalue weighted by molar-refractivity contribution is 5.81. The Hall–Kier alpha value is -2.30. The molecule has 2 rings (SSSR count). The average molecular weight is 276 g/mol. The van der Waals surface area contributed by atoms with E-state index in [1.165, 1.54) is 6.07 Å². The molecule has 1 heterocycles. The first-order valence-corrected chi connectivity index (χ1v) is 6.43. The second-order valence-corrected chi connectivity index (χ2v) is 4.42. The van der Waals surface area contributed by atoms with Crippen molar-refractivity contribution in [3.05, 3.63) is 40.2 Å². The summed E-state index contributed by atoms with van der Waals surface area (Å²) < 4.78 is 15.3. The van der Waals surface area contributed by atoms with Gasteiger partial charge in [-0.05, 0) is 31.0 Å². The topological polar surface area (TPSA) is 65.7 Å². The van der Waals surface area contributed by atoms with Crippen molar-refractivity contribution in [1.29, 1.82) is 0 Å². The van der Waals surface area contributed by atoms with Crippen LogP contribution in [-0.2, 0) is 9.53 Å². The van der Waals surface area contributed by atoms with Crippen LogP contribution in [0.25, 0.3) is 11.0 Å². The molecule has 20 heavy (non-hydrogen) atoms. The zero-order chi connectivity index (χ0) is 14.5. The summed E-state index contributed by atoms with van der Waals surface area (Å²) >= 11 is 0. The van der Waals surface area contributed by atoms with Gasteiger partial charge in [-0.1, -0.05) is 6.92 Å². The first kappa shape index (κ1) is 14.1. The summed E-state index contributed by atoms with van der Waals surface area (Å²) in [6, 6.07) is 6.55. The molecule has 0 radical (unpaired) electrons. The van der Waals surface area contributed by atoms with Gasteiger partial charge in [0.25, 0.3) is 0 Å². The molecule has 5 nitrogen and oxygen atoms in total. The van der Waals surface area contributed by atoms with Gasteiger partial charge in [-0.25, -0.2) is 9.59 Å². The number of aryl methyl sites for hydroxylation is 1. The third-order valence-corrected chi connectivity index (χ3v) is 2.75. The molecule has 106 valence electrons. The summed E-state index contributed by atoms with van der Waals surface area (Å²) in [5.74, 6) is 0.0392. The highest BCUT2D eigenvalue weighted by atomic mass is 16.6. The molecule has 1 aromatic carbocycles. The quantitative estimate of drug-likeness (QED) is 0.620. The SMILES string of the molecule is CCCOC(=O)COc1ccc2c(C)cc(=O)oc2c1. The lowest BCUT2D eigenvalue weighted by Crippen LogP contribution is -2.15. The Balaban J connectivity index is 2.12. The maximum atomic E-state index is 11.3. The van der Waals surface area contributed by atoms with Gasteiger partial charge in [0.05, 0.1) is 6.61 Å². The van der Waals surface area contributed by atoms with Gasteiger partial charge < -0.3 is 13.9 Å². The maximum absolute atomic E-state index is 11.3. The molecule has 5 heteroatoms. The molecule has 0 saturated carbocycles. The molecule has 0 aliphatic carbocycles. The number of hydrogen-bond donors (Lipinski definition) is 0. The molecule has 0 aliphatic rings. The van der Waals surface area contributed by atoms with Crippen molar-refractivity contribution in [3.63, 3.8) is 0 Å². The lowest BCUT2D eigenvalue weighted by molar-refractivity contribution is -0.146. The first-order valence-electron chi connectivity index (χ1n) is 6.43. The number of carbonyl (C=O) groups excluding carboxylic acids is 1. The van der Waals surface area contributed by atoms with Crippen molar-refractivity contribution in [1.82, 2.24) is 0 Å². The van der Waals surface area contributed by atoms with Crippen molar-refractivity contribution in [3.8, 4) is 5.75 Å². The van der Waals surface area contributed by atoms with Gasteiger partial charge in [0.15, 0.2) is 6.61 Å². The van der Waals surface area contributed by atoms with E-state index in [0.717, 1.165) is 17.4 Å². The molecule has 2 aromatic rings. The minimum Gasteiger partial charge on any atom is -0.482 e.